The van der Waals surface area contributed by atoms with Gasteiger partial charge in [0.1, 0.15) is 0 Å². The molecule has 1 aliphatic rings. The van der Waals surface area contributed by atoms with Gasteiger partial charge in [-0.15, -0.1) is 0 Å². The van der Waals surface area contributed by atoms with Gasteiger partial charge in [-0.2, -0.15) is 5.10 Å². The van der Waals surface area contributed by atoms with E-state index in [4.69, 9.17) is 0 Å². The molecule has 14 heavy (non-hydrogen) atoms. The van der Waals surface area contributed by atoms with Crippen molar-refractivity contribution < 1.29 is 0 Å². The number of hydrogen-bond donors (Lipinski definition) is 2. The highest BCUT2D eigenvalue weighted by Crippen LogP contribution is 2.16. The average Bonchev–Trinajstić information content (AvgIpc) is 2.52. The monoisotopic (exact) mass is 194 g/mol. The van der Waals surface area contributed by atoms with E-state index in [0.29, 0.717) is 6.04 Å². The molecule has 2 rings (SSSR count). The molecule has 1 aliphatic heterocycles. The summed E-state index contributed by atoms with van der Waals surface area (Å²) < 4.78 is 0. The minimum absolute atomic E-state index is 0.574. The summed E-state index contributed by atoms with van der Waals surface area (Å²) >= 11 is 0. The number of likely N-dealkylation sites (tertiary alicyclic amines) is 1. The van der Waals surface area contributed by atoms with Gasteiger partial charge in [0, 0.05) is 12.6 Å². The second kappa shape index (κ2) is 4.00. The SMILES string of the molecule is Cc1[nH]ncc1NC1CCCN(C)C1. The van der Waals surface area contributed by atoms with Crippen molar-refractivity contribution in [3.63, 3.8) is 0 Å². The van der Waals surface area contributed by atoms with Gasteiger partial charge in [-0.1, -0.05) is 0 Å². The number of nitrogens with one attached hydrogen (secondary N) is 2. The Morgan fingerprint density at radius 1 is 1.64 bits per heavy atom. The van der Waals surface area contributed by atoms with Gasteiger partial charge in [-0.3, -0.25) is 5.10 Å². The first kappa shape index (κ1) is 9.52. The highest BCUT2D eigenvalue weighted by Gasteiger charge is 2.17. The van der Waals surface area contributed by atoms with Gasteiger partial charge in [0.2, 0.25) is 0 Å². The van der Waals surface area contributed by atoms with Crippen LogP contribution in [0.3, 0.4) is 0 Å². The molecule has 0 radical (unpaired) electrons. The lowest BCUT2D eigenvalue weighted by molar-refractivity contribution is 0.261. The Morgan fingerprint density at radius 2 is 2.50 bits per heavy atom. The molecule has 4 heteroatoms. The normalized spacial score (nSPS) is 23.7. The molecule has 0 aliphatic carbocycles. The van der Waals surface area contributed by atoms with Crippen LogP contribution in [0.15, 0.2) is 6.20 Å². The molecular formula is C10H18N4. The second-order valence-electron chi connectivity index (χ2n) is 4.15. The Morgan fingerprint density at radius 3 is 3.14 bits per heavy atom. The molecule has 2 heterocycles. The van der Waals surface area contributed by atoms with Crippen molar-refractivity contribution in [2.75, 3.05) is 25.5 Å². The van der Waals surface area contributed by atoms with Crippen LogP contribution in [0.1, 0.15) is 18.5 Å². The van der Waals surface area contributed by atoms with Gasteiger partial charge >= 0.3 is 0 Å². The standard InChI is InChI=1S/C10H18N4/c1-8-10(6-11-13-8)12-9-4-3-5-14(2)7-9/h6,9,12H,3-5,7H2,1-2H3,(H,11,13). The van der Waals surface area contributed by atoms with E-state index >= 15 is 0 Å². The van der Waals surface area contributed by atoms with Crippen LogP contribution in [-0.2, 0) is 0 Å². The maximum atomic E-state index is 4.01. The fraction of sp³-hybridized carbons (Fsp3) is 0.700. The molecule has 1 aromatic rings. The first-order valence-electron chi connectivity index (χ1n) is 5.21. The Labute approximate surface area is 84.7 Å². The summed E-state index contributed by atoms with van der Waals surface area (Å²) in [6.45, 7) is 4.40. The highest BCUT2D eigenvalue weighted by molar-refractivity contribution is 5.46. The largest absolute Gasteiger partial charge is 0.378 e. The van der Waals surface area contributed by atoms with Crippen molar-refractivity contribution in [3.05, 3.63) is 11.9 Å². The summed E-state index contributed by atoms with van der Waals surface area (Å²) in [5.41, 5.74) is 2.27. The molecular weight excluding hydrogens is 176 g/mol. The molecule has 0 spiro atoms. The first-order valence-corrected chi connectivity index (χ1v) is 5.21. The predicted octanol–water partition coefficient (Wildman–Crippen LogP) is 1.22. The van der Waals surface area contributed by atoms with Gasteiger partial charge in [-0.25, -0.2) is 0 Å². The van der Waals surface area contributed by atoms with Gasteiger partial charge < -0.3 is 10.2 Å². The van der Waals surface area contributed by atoms with Crippen molar-refractivity contribution in [3.8, 4) is 0 Å². The number of rotatable bonds is 2. The molecule has 1 fully saturated rings. The molecule has 1 atom stereocenters. The summed E-state index contributed by atoms with van der Waals surface area (Å²) in [4.78, 5) is 2.37. The van der Waals surface area contributed by atoms with Crippen LogP contribution >= 0.6 is 0 Å². The molecule has 4 nitrogen and oxygen atoms in total. The van der Waals surface area contributed by atoms with E-state index in [2.05, 4.69) is 27.5 Å². The number of anilines is 1. The smallest absolute Gasteiger partial charge is 0.0756 e. The Balaban J connectivity index is 1.94. The molecule has 0 aromatic carbocycles. The maximum absolute atomic E-state index is 4.01. The van der Waals surface area contributed by atoms with Crippen molar-refractivity contribution in [1.82, 2.24) is 15.1 Å². The fourth-order valence-corrected chi connectivity index (χ4v) is 2.00. The van der Waals surface area contributed by atoms with Gasteiger partial charge in [0.25, 0.3) is 0 Å². The van der Waals surface area contributed by atoms with Gasteiger partial charge in [0.15, 0.2) is 0 Å². The molecule has 2 N–H and O–H groups in total. The Hall–Kier alpha value is -1.03. The van der Waals surface area contributed by atoms with Gasteiger partial charge in [0.05, 0.1) is 17.6 Å². The minimum atomic E-state index is 0.574. The maximum Gasteiger partial charge on any atom is 0.0756 e. The zero-order chi connectivity index (χ0) is 9.97. The number of hydrogen-bond acceptors (Lipinski definition) is 3. The summed E-state index contributed by atoms with van der Waals surface area (Å²) in [5, 5.41) is 10.5. The number of nitrogens with zero attached hydrogens (tertiary/aromatic N) is 2. The summed E-state index contributed by atoms with van der Waals surface area (Å²) in [6, 6.07) is 0.574. The van der Waals surface area contributed by atoms with Crippen LogP contribution in [0, 0.1) is 6.92 Å². The molecule has 1 aromatic heterocycles. The van der Waals surface area contributed by atoms with Crippen molar-refractivity contribution in [1.29, 1.82) is 0 Å². The summed E-state index contributed by atoms with van der Waals surface area (Å²) in [5.74, 6) is 0. The first-order chi connectivity index (χ1) is 6.75. The Bertz CT molecular complexity index is 294. The second-order valence-corrected chi connectivity index (χ2v) is 4.15. The van der Waals surface area contributed by atoms with Crippen molar-refractivity contribution >= 4 is 5.69 Å². The van der Waals surface area contributed by atoms with Crippen LogP contribution in [0.4, 0.5) is 5.69 Å². The third kappa shape index (κ3) is 2.07. The summed E-state index contributed by atoms with van der Waals surface area (Å²) in [7, 11) is 2.18. The van der Waals surface area contributed by atoms with E-state index in [9.17, 15) is 0 Å². The number of aryl methyl sites for hydroxylation is 1. The number of aromatic amines is 1. The van der Waals surface area contributed by atoms with E-state index < -0.39 is 0 Å². The lowest BCUT2D eigenvalue weighted by Gasteiger charge is -2.30. The average molecular weight is 194 g/mol. The predicted molar refractivity (Wildman–Crippen MR) is 57.5 cm³/mol. The molecule has 1 unspecified atom stereocenters. The number of H-pyrrole nitrogens is 1. The van der Waals surface area contributed by atoms with Crippen LogP contribution in [0.2, 0.25) is 0 Å². The molecule has 0 saturated carbocycles. The van der Waals surface area contributed by atoms with E-state index in [1.165, 1.54) is 19.4 Å². The molecule has 78 valence electrons. The third-order valence-corrected chi connectivity index (χ3v) is 2.81. The van der Waals surface area contributed by atoms with E-state index in [-0.39, 0.29) is 0 Å². The lowest BCUT2D eigenvalue weighted by Crippen LogP contribution is -2.39. The highest BCUT2D eigenvalue weighted by atomic mass is 15.2. The van der Waals surface area contributed by atoms with Crippen molar-refractivity contribution in [2.24, 2.45) is 0 Å². The summed E-state index contributed by atoms with van der Waals surface area (Å²) in [6.07, 6.45) is 4.41. The van der Waals surface area contributed by atoms with Gasteiger partial charge in [-0.05, 0) is 33.4 Å². The van der Waals surface area contributed by atoms with E-state index in [1.54, 1.807) is 0 Å². The third-order valence-electron chi connectivity index (χ3n) is 2.81. The van der Waals surface area contributed by atoms with E-state index in [0.717, 1.165) is 17.9 Å². The van der Waals surface area contributed by atoms with Crippen LogP contribution in [0.5, 0.6) is 0 Å². The van der Waals surface area contributed by atoms with Crippen molar-refractivity contribution in [2.45, 2.75) is 25.8 Å². The number of likely N-dealkylation sites (N-methyl/N-ethyl adjacent to an activating group) is 1. The molecule has 0 amide bonds. The van der Waals surface area contributed by atoms with E-state index in [1.807, 2.05) is 13.1 Å². The number of aromatic nitrogens is 2. The molecule has 1 saturated heterocycles. The molecule has 0 bridgehead atoms. The quantitative estimate of drug-likeness (QED) is 0.744. The Kier molecular flexibility index (Phi) is 2.72. The minimum Gasteiger partial charge on any atom is -0.378 e. The zero-order valence-corrected chi connectivity index (χ0v) is 8.88. The number of piperidine rings is 1. The fourth-order valence-electron chi connectivity index (χ4n) is 2.00. The lowest BCUT2D eigenvalue weighted by atomic mass is 10.1. The zero-order valence-electron chi connectivity index (χ0n) is 8.88. The van der Waals surface area contributed by atoms with Crippen LogP contribution < -0.4 is 5.32 Å². The van der Waals surface area contributed by atoms with Crippen LogP contribution in [0.25, 0.3) is 0 Å². The van der Waals surface area contributed by atoms with Crippen LogP contribution in [-0.4, -0.2) is 41.3 Å². The topological polar surface area (TPSA) is 44.0 Å².